The van der Waals surface area contributed by atoms with Gasteiger partial charge in [0.2, 0.25) is 0 Å². The van der Waals surface area contributed by atoms with Gasteiger partial charge in [-0.25, -0.2) is 0 Å². The van der Waals surface area contributed by atoms with E-state index in [1.807, 2.05) is 12.4 Å². The van der Waals surface area contributed by atoms with Crippen LogP contribution in [-0.2, 0) is 6.42 Å². The van der Waals surface area contributed by atoms with E-state index >= 15 is 0 Å². The molecule has 0 bridgehead atoms. The standard InChI is InChI=1S/C16H26N2/c1-15(2,3)13-8-7-11-9-17-18-10-12(11)14(13)16(4,5)6/h9-10,13-14H,7-8H2,1-6H3. The van der Waals surface area contributed by atoms with Crippen molar-refractivity contribution in [2.24, 2.45) is 16.7 Å². The van der Waals surface area contributed by atoms with Crippen LogP contribution in [0.15, 0.2) is 12.4 Å². The summed E-state index contributed by atoms with van der Waals surface area (Å²) < 4.78 is 0. The molecule has 2 atom stereocenters. The molecular weight excluding hydrogens is 220 g/mol. The first-order valence-corrected chi connectivity index (χ1v) is 7.00. The van der Waals surface area contributed by atoms with Crippen molar-refractivity contribution in [3.8, 4) is 0 Å². The van der Waals surface area contributed by atoms with Crippen LogP contribution < -0.4 is 0 Å². The van der Waals surface area contributed by atoms with Gasteiger partial charge in [0.25, 0.3) is 0 Å². The summed E-state index contributed by atoms with van der Waals surface area (Å²) in [7, 11) is 0. The quantitative estimate of drug-likeness (QED) is 0.685. The van der Waals surface area contributed by atoms with Gasteiger partial charge in [-0.05, 0) is 46.6 Å². The molecule has 2 heteroatoms. The Bertz CT molecular complexity index is 423. The molecule has 0 amide bonds. The van der Waals surface area contributed by atoms with Crippen molar-refractivity contribution in [2.45, 2.75) is 60.3 Å². The van der Waals surface area contributed by atoms with Gasteiger partial charge in [0, 0.05) is 0 Å². The van der Waals surface area contributed by atoms with Crippen molar-refractivity contribution in [1.29, 1.82) is 0 Å². The molecule has 1 aromatic rings. The number of hydrogen-bond donors (Lipinski definition) is 0. The normalized spacial score (nSPS) is 24.8. The van der Waals surface area contributed by atoms with Crippen LogP contribution in [0, 0.1) is 16.7 Å². The molecule has 0 spiro atoms. The van der Waals surface area contributed by atoms with Crippen LogP contribution in [0.1, 0.15) is 65.0 Å². The first-order chi connectivity index (χ1) is 8.21. The molecule has 0 aromatic carbocycles. The molecule has 0 fully saturated rings. The average Bonchev–Trinajstić information content (AvgIpc) is 2.24. The number of rotatable bonds is 0. The van der Waals surface area contributed by atoms with E-state index in [1.54, 1.807) is 0 Å². The molecule has 1 heterocycles. The van der Waals surface area contributed by atoms with E-state index < -0.39 is 0 Å². The third kappa shape index (κ3) is 2.43. The van der Waals surface area contributed by atoms with Gasteiger partial charge in [0.1, 0.15) is 0 Å². The third-order valence-electron chi connectivity index (χ3n) is 4.36. The SMILES string of the molecule is CC(C)(C)C1CCc2cnncc2C1C(C)(C)C. The van der Waals surface area contributed by atoms with Crippen LogP contribution in [0.3, 0.4) is 0 Å². The molecule has 1 aromatic heterocycles. The summed E-state index contributed by atoms with van der Waals surface area (Å²) in [6, 6.07) is 0. The van der Waals surface area contributed by atoms with Crippen LogP contribution >= 0.6 is 0 Å². The van der Waals surface area contributed by atoms with Gasteiger partial charge in [-0.15, -0.1) is 0 Å². The molecular formula is C16H26N2. The molecule has 1 aliphatic carbocycles. The van der Waals surface area contributed by atoms with Crippen LogP contribution in [0.25, 0.3) is 0 Å². The first-order valence-electron chi connectivity index (χ1n) is 7.00. The van der Waals surface area contributed by atoms with Gasteiger partial charge in [0.05, 0.1) is 12.4 Å². The lowest BCUT2D eigenvalue weighted by Gasteiger charge is -2.47. The maximum atomic E-state index is 4.13. The predicted molar refractivity (Wildman–Crippen MR) is 75.5 cm³/mol. The van der Waals surface area contributed by atoms with E-state index in [0.29, 0.717) is 17.3 Å². The fourth-order valence-corrected chi connectivity index (χ4v) is 3.54. The number of hydrogen-bond acceptors (Lipinski definition) is 2. The molecule has 0 saturated heterocycles. The lowest BCUT2D eigenvalue weighted by Crippen LogP contribution is -2.38. The smallest absolute Gasteiger partial charge is 0.0534 e. The zero-order chi connectivity index (χ0) is 13.6. The Morgan fingerprint density at radius 1 is 0.944 bits per heavy atom. The summed E-state index contributed by atoms with van der Waals surface area (Å²) in [5, 5.41) is 8.18. The van der Waals surface area contributed by atoms with Gasteiger partial charge in [-0.3, -0.25) is 0 Å². The molecule has 18 heavy (non-hydrogen) atoms. The van der Waals surface area contributed by atoms with E-state index in [1.165, 1.54) is 17.5 Å². The Labute approximate surface area is 111 Å². The summed E-state index contributed by atoms with van der Waals surface area (Å²) in [6.07, 6.45) is 6.39. The molecule has 2 rings (SSSR count). The molecule has 100 valence electrons. The van der Waals surface area contributed by atoms with Gasteiger partial charge in [-0.1, -0.05) is 41.5 Å². The lowest BCUT2D eigenvalue weighted by atomic mass is 9.58. The monoisotopic (exact) mass is 246 g/mol. The second kappa shape index (κ2) is 4.32. The molecule has 0 aliphatic heterocycles. The maximum Gasteiger partial charge on any atom is 0.0534 e. The van der Waals surface area contributed by atoms with Crippen LogP contribution in [0.2, 0.25) is 0 Å². The molecule has 1 aliphatic rings. The summed E-state index contributed by atoms with van der Waals surface area (Å²) in [5.74, 6) is 1.30. The zero-order valence-electron chi connectivity index (χ0n) is 12.6. The Kier molecular flexibility index (Phi) is 3.25. The summed E-state index contributed by atoms with van der Waals surface area (Å²) in [5.41, 5.74) is 3.46. The van der Waals surface area contributed by atoms with E-state index in [2.05, 4.69) is 51.7 Å². The van der Waals surface area contributed by atoms with Gasteiger partial charge in [0.15, 0.2) is 0 Å². The summed E-state index contributed by atoms with van der Waals surface area (Å²) in [6.45, 7) is 14.2. The predicted octanol–water partition coefficient (Wildman–Crippen LogP) is 4.21. The number of aromatic nitrogens is 2. The van der Waals surface area contributed by atoms with Gasteiger partial charge in [-0.2, -0.15) is 10.2 Å². The number of nitrogens with zero attached hydrogens (tertiary/aromatic N) is 2. The minimum atomic E-state index is 0.274. The first kappa shape index (κ1) is 13.5. The molecule has 0 N–H and O–H groups in total. The van der Waals surface area contributed by atoms with Gasteiger partial charge >= 0.3 is 0 Å². The van der Waals surface area contributed by atoms with Crippen LogP contribution in [0.5, 0.6) is 0 Å². The summed E-state index contributed by atoms with van der Waals surface area (Å²) in [4.78, 5) is 0. The van der Waals surface area contributed by atoms with E-state index in [-0.39, 0.29) is 5.41 Å². The maximum absolute atomic E-state index is 4.13. The summed E-state index contributed by atoms with van der Waals surface area (Å²) >= 11 is 0. The minimum absolute atomic E-state index is 0.274. The molecule has 2 unspecified atom stereocenters. The second-order valence-corrected chi connectivity index (χ2v) is 7.82. The Hall–Kier alpha value is -0.920. The highest BCUT2D eigenvalue weighted by Crippen LogP contribution is 2.52. The van der Waals surface area contributed by atoms with E-state index in [4.69, 9.17) is 0 Å². The Balaban J connectivity index is 2.50. The second-order valence-electron chi connectivity index (χ2n) is 7.82. The molecule has 2 nitrogen and oxygen atoms in total. The van der Waals surface area contributed by atoms with Crippen LogP contribution in [0.4, 0.5) is 0 Å². The highest BCUT2D eigenvalue weighted by Gasteiger charge is 2.42. The zero-order valence-corrected chi connectivity index (χ0v) is 12.6. The molecule has 0 radical (unpaired) electrons. The van der Waals surface area contributed by atoms with Crippen molar-refractivity contribution in [3.63, 3.8) is 0 Å². The fraction of sp³-hybridized carbons (Fsp3) is 0.750. The van der Waals surface area contributed by atoms with Crippen molar-refractivity contribution in [1.82, 2.24) is 10.2 Å². The Morgan fingerprint density at radius 2 is 1.56 bits per heavy atom. The number of aryl methyl sites for hydroxylation is 1. The Morgan fingerprint density at radius 3 is 2.11 bits per heavy atom. The lowest BCUT2D eigenvalue weighted by molar-refractivity contribution is 0.108. The van der Waals surface area contributed by atoms with Crippen LogP contribution in [-0.4, -0.2) is 10.2 Å². The topological polar surface area (TPSA) is 25.8 Å². The van der Waals surface area contributed by atoms with E-state index in [0.717, 1.165) is 6.42 Å². The van der Waals surface area contributed by atoms with Crippen molar-refractivity contribution >= 4 is 0 Å². The number of fused-ring (bicyclic) bond motifs is 1. The van der Waals surface area contributed by atoms with Gasteiger partial charge < -0.3 is 0 Å². The van der Waals surface area contributed by atoms with Crippen molar-refractivity contribution < 1.29 is 0 Å². The van der Waals surface area contributed by atoms with Crippen molar-refractivity contribution in [2.75, 3.05) is 0 Å². The average molecular weight is 246 g/mol. The highest BCUT2D eigenvalue weighted by atomic mass is 15.1. The minimum Gasteiger partial charge on any atom is -0.159 e. The third-order valence-corrected chi connectivity index (χ3v) is 4.36. The van der Waals surface area contributed by atoms with E-state index in [9.17, 15) is 0 Å². The molecule has 0 saturated carbocycles. The highest BCUT2D eigenvalue weighted by molar-refractivity contribution is 5.31. The largest absolute Gasteiger partial charge is 0.159 e. The fourth-order valence-electron chi connectivity index (χ4n) is 3.54. The van der Waals surface area contributed by atoms with Crippen molar-refractivity contribution in [3.05, 3.63) is 23.5 Å².